The van der Waals surface area contributed by atoms with E-state index in [4.69, 9.17) is 4.74 Å². The molecule has 1 atom stereocenters. The Morgan fingerprint density at radius 1 is 1.10 bits per heavy atom. The lowest BCUT2D eigenvalue weighted by molar-refractivity contribution is 0.0713. The van der Waals surface area contributed by atoms with E-state index in [1.165, 1.54) is 16.8 Å². The lowest BCUT2D eigenvalue weighted by atomic mass is 10.2. The summed E-state index contributed by atoms with van der Waals surface area (Å²) in [5, 5.41) is 7.49. The van der Waals surface area contributed by atoms with Gasteiger partial charge in [-0.15, -0.1) is 5.10 Å². The molecule has 0 aliphatic heterocycles. The molecule has 8 heteroatoms. The third kappa shape index (κ3) is 4.92. The Bertz CT molecular complexity index is 1150. The van der Waals surface area contributed by atoms with Crippen LogP contribution in [0.4, 0.5) is 10.3 Å². The number of nitrogens with zero attached hydrogens (tertiary/aromatic N) is 4. The summed E-state index contributed by atoms with van der Waals surface area (Å²) < 4.78 is 20.1. The molecule has 4 aromatic rings. The van der Waals surface area contributed by atoms with Crippen LogP contribution in [0.3, 0.4) is 0 Å². The molecule has 2 heterocycles. The van der Waals surface area contributed by atoms with Crippen molar-refractivity contribution in [1.82, 2.24) is 19.7 Å². The summed E-state index contributed by atoms with van der Waals surface area (Å²) in [5.41, 5.74) is 1.51. The fourth-order valence-electron chi connectivity index (χ4n) is 2.91. The van der Waals surface area contributed by atoms with Gasteiger partial charge in [0.05, 0.1) is 0 Å². The van der Waals surface area contributed by atoms with E-state index in [2.05, 4.69) is 20.4 Å². The summed E-state index contributed by atoms with van der Waals surface area (Å²) in [4.78, 5) is 21.7. The van der Waals surface area contributed by atoms with Crippen molar-refractivity contribution in [3.63, 3.8) is 0 Å². The van der Waals surface area contributed by atoms with Crippen molar-refractivity contribution in [3.8, 4) is 17.1 Å². The second-order valence-corrected chi connectivity index (χ2v) is 6.80. The molecule has 0 bridgehead atoms. The monoisotopic (exact) mass is 417 g/mol. The van der Waals surface area contributed by atoms with E-state index in [-0.39, 0.29) is 17.7 Å². The molecule has 0 radical (unpaired) electrons. The molecule has 0 aliphatic rings. The molecule has 0 fully saturated rings. The molecule has 0 amide bonds. The highest BCUT2D eigenvalue weighted by molar-refractivity contribution is 5.85. The number of rotatable bonds is 7. The van der Waals surface area contributed by atoms with Gasteiger partial charge in [0.2, 0.25) is 5.95 Å². The summed E-state index contributed by atoms with van der Waals surface area (Å²) >= 11 is 0. The smallest absolute Gasteiger partial charge is 0.290 e. The SMILES string of the molecule is CC(Oc1ccccc1)C(=O)n1nc(-c2cccnc2)nc1NCc1ccc(F)cc1. The molecule has 1 unspecified atom stereocenters. The van der Waals surface area contributed by atoms with Crippen LogP contribution >= 0.6 is 0 Å². The molecular weight excluding hydrogens is 397 g/mol. The van der Waals surface area contributed by atoms with Gasteiger partial charge in [-0.1, -0.05) is 30.3 Å². The fourth-order valence-corrected chi connectivity index (χ4v) is 2.91. The highest BCUT2D eigenvalue weighted by Crippen LogP contribution is 2.19. The number of halogens is 1. The van der Waals surface area contributed by atoms with Gasteiger partial charge >= 0.3 is 0 Å². The van der Waals surface area contributed by atoms with Crippen molar-refractivity contribution >= 4 is 11.9 Å². The number of carbonyl (C=O) groups excluding carboxylic acids is 1. The van der Waals surface area contributed by atoms with Crippen LogP contribution in [-0.4, -0.2) is 31.8 Å². The first-order chi connectivity index (χ1) is 15.1. The van der Waals surface area contributed by atoms with E-state index in [1.807, 2.05) is 24.3 Å². The second kappa shape index (κ2) is 9.17. The minimum atomic E-state index is -0.794. The Morgan fingerprint density at radius 3 is 2.58 bits per heavy atom. The van der Waals surface area contributed by atoms with Crippen LogP contribution in [0.2, 0.25) is 0 Å². The summed E-state index contributed by atoms with van der Waals surface area (Å²) in [6.45, 7) is 2.00. The molecule has 31 heavy (non-hydrogen) atoms. The summed E-state index contributed by atoms with van der Waals surface area (Å²) in [6, 6.07) is 18.7. The number of hydrogen-bond donors (Lipinski definition) is 1. The molecule has 2 aromatic carbocycles. The summed E-state index contributed by atoms with van der Waals surface area (Å²) in [6.07, 6.45) is 2.48. The van der Waals surface area contributed by atoms with E-state index in [1.54, 1.807) is 49.6 Å². The number of carbonyl (C=O) groups is 1. The van der Waals surface area contributed by atoms with Gasteiger partial charge < -0.3 is 10.1 Å². The standard InChI is InChI=1S/C23H20FN5O2/c1-16(31-20-7-3-2-4-8-20)22(30)29-23(26-14-17-9-11-19(24)12-10-17)27-21(28-29)18-6-5-13-25-15-18/h2-13,15-16H,14H2,1H3,(H,26,27,28). The first-order valence-corrected chi connectivity index (χ1v) is 9.72. The topological polar surface area (TPSA) is 81.9 Å². The maximum atomic E-state index is 13.2. The Labute approximate surface area is 178 Å². The van der Waals surface area contributed by atoms with Crippen molar-refractivity contribution in [3.05, 3.63) is 90.5 Å². The van der Waals surface area contributed by atoms with E-state index in [0.29, 0.717) is 23.7 Å². The Hall–Kier alpha value is -4.07. The number of pyridine rings is 1. The molecule has 0 spiro atoms. The third-order valence-corrected chi connectivity index (χ3v) is 4.50. The molecule has 2 aromatic heterocycles. The van der Waals surface area contributed by atoms with Crippen LogP contribution < -0.4 is 10.1 Å². The van der Waals surface area contributed by atoms with Gasteiger partial charge in [-0.05, 0) is 48.9 Å². The number of benzene rings is 2. The molecule has 156 valence electrons. The Kier molecular flexibility index (Phi) is 5.98. The average Bonchev–Trinajstić information content (AvgIpc) is 3.23. The van der Waals surface area contributed by atoms with Crippen molar-refractivity contribution in [1.29, 1.82) is 0 Å². The zero-order chi connectivity index (χ0) is 21.6. The minimum Gasteiger partial charge on any atom is -0.481 e. The van der Waals surface area contributed by atoms with Crippen molar-refractivity contribution in [2.24, 2.45) is 0 Å². The predicted molar refractivity (Wildman–Crippen MR) is 114 cm³/mol. The minimum absolute atomic E-state index is 0.261. The molecule has 1 N–H and O–H groups in total. The van der Waals surface area contributed by atoms with Crippen LogP contribution in [0.1, 0.15) is 17.3 Å². The Balaban J connectivity index is 1.60. The number of anilines is 1. The zero-order valence-corrected chi connectivity index (χ0v) is 16.8. The maximum Gasteiger partial charge on any atom is 0.290 e. The first kappa shape index (κ1) is 20.2. The fraction of sp³-hybridized carbons (Fsp3) is 0.130. The lowest BCUT2D eigenvalue weighted by Crippen LogP contribution is -2.31. The second-order valence-electron chi connectivity index (χ2n) is 6.80. The summed E-state index contributed by atoms with van der Waals surface area (Å²) in [5.74, 6) is 0.504. The highest BCUT2D eigenvalue weighted by atomic mass is 19.1. The normalized spacial score (nSPS) is 11.7. The van der Waals surface area contributed by atoms with E-state index in [0.717, 1.165) is 5.56 Å². The van der Waals surface area contributed by atoms with Crippen LogP contribution in [0.15, 0.2) is 79.1 Å². The van der Waals surface area contributed by atoms with Crippen LogP contribution in [0.25, 0.3) is 11.4 Å². The molecular formula is C23H20FN5O2. The number of para-hydroxylation sites is 1. The van der Waals surface area contributed by atoms with Gasteiger partial charge in [0.1, 0.15) is 11.6 Å². The van der Waals surface area contributed by atoms with Gasteiger partial charge in [0.15, 0.2) is 11.9 Å². The Morgan fingerprint density at radius 2 is 1.87 bits per heavy atom. The number of hydrogen-bond acceptors (Lipinski definition) is 6. The van der Waals surface area contributed by atoms with Crippen LogP contribution in [0.5, 0.6) is 5.75 Å². The first-order valence-electron chi connectivity index (χ1n) is 9.72. The van der Waals surface area contributed by atoms with E-state index < -0.39 is 6.10 Å². The molecule has 4 rings (SSSR count). The number of aromatic nitrogens is 4. The van der Waals surface area contributed by atoms with Gasteiger partial charge in [0.25, 0.3) is 5.91 Å². The lowest BCUT2D eigenvalue weighted by Gasteiger charge is -2.14. The highest BCUT2D eigenvalue weighted by Gasteiger charge is 2.23. The molecule has 0 aliphatic carbocycles. The third-order valence-electron chi connectivity index (χ3n) is 4.50. The molecule has 7 nitrogen and oxygen atoms in total. The van der Waals surface area contributed by atoms with Crippen LogP contribution in [-0.2, 0) is 6.54 Å². The van der Waals surface area contributed by atoms with Crippen molar-refractivity contribution < 1.29 is 13.9 Å². The van der Waals surface area contributed by atoms with Gasteiger partial charge in [0, 0.05) is 24.5 Å². The predicted octanol–water partition coefficient (Wildman–Crippen LogP) is 4.20. The zero-order valence-electron chi connectivity index (χ0n) is 16.8. The van der Waals surface area contributed by atoms with Crippen molar-refractivity contribution in [2.75, 3.05) is 5.32 Å². The van der Waals surface area contributed by atoms with Gasteiger partial charge in [-0.3, -0.25) is 9.78 Å². The number of nitrogens with one attached hydrogen (secondary N) is 1. The summed E-state index contributed by atoms with van der Waals surface area (Å²) in [7, 11) is 0. The quantitative estimate of drug-likeness (QED) is 0.485. The van der Waals surface area contributed by atoms with E-state index >= 15 is 0 Å². The van der Waals surface area contributed by atoms with Gasteiger partial charge in [-0.2, -0.15) is 9.67 Å². The number of ether oxygens (including phenoxy) is 1. The molecule has 0 saturated carbocycles. The molecule has 0 saturated heterocycles. The largest absolute Gasteiger partial charge is 0.481 e. The van der Waals surface area contributed by atoms with Gasteiger partial charge in [-0.25, -0.2) is 4.39 Å². The van der Waals surface area contributed by atoms with E-state index in [9.17, 15) is 9.18 Å². The van der Waals surface area contributed by atoms with Crippen LogP contribution in [0, 0.1) is 5.82 Å². The van der Waals surface area contributed by atoms with Crippen molar-refractivity contribution in [2.45, 2.75) is 19.6 Å². The maximum absolute atomic E-state index is 13.2. The average molecular weight is 417 g/mol.